The number of amides is 2. The second-order valence-electron chi connectivity index (χ2n) is 7.48. The van der Waals surface area contributed by atoms with E-state index in [0.29, 0.717) is 56.3 Å². The molecule has 0 saturated carbocycles. The van der Waals surface area contributed by atoms with Gasteiger partial charge in [0.2, 0.25) is 10.0 Å². The van der Waals surface area contributed by atoms with Gasteiger partial charge in [-0.3, -0.25) is 0 Å². The Morgan fingerprint density at radius 2 is 1.67 bits per heavy atom. The lowest BCUT2D eigenvalue weighted by molar-refractivity contribution is 0.171. The molecule has 0 aromatic heterocycles. The second kappa shape index (κ2) is 8.53. The highest BCUT2D eigenvalue weighted by molar-refractivity contribution is 7.89. The third-order valence-electron chi connectivity index (χ3n) is 5.23. The van der Waals surface area contributed by atoms with Crippen LogP contribution in [0.3, 0.4) is 0 Å². The predicted molar refractivity (Wildman–Crippen MR) is 113 cm³/mol. The van der Waals surface area contributed by atoms with Gasteiger partial charge in [0.25, 0.3) is 0 Å². The van der Waals surface area contributed by atoms with E-state index in [9.17, 15) is 13.2 Å². The molecule has 4 rings (SSSR count). The Morgan fingerprint density at radius 1 is 1.00 bits per heavy atom. The van der Waals surface area contributed by atoms with Gasteiger partial charge in [-0.25, -0.2) is 17.9 Å². The number of nitrogens with one attached hydrogen (secondary N) is 2. The first kappa shape index (κ1) is 20.5. The van der Waals surface area contributed by atoms with Crippen LogP contribution in [0.2, 0.25) is 0 Å². The largest absolute Gasteiger partial charge is 0.486 e. The Kier molecular flexibility index (Phi) is 5.83. The third kappa shape index (κ3) is 4.68. The summed E-state index contributed by atoms with van der Waals surface area (Å²) in [6, 6.07) is 11.6. The zero-order valence-electron chi connectivity index (χ0n) is 16.8. The minimum atomic E-state index is -3.57. The van der Waals surface area contributed by atoms with Gasteiger partial charge in [0.05, 0.1) is 4.90 Å². The summed E-state index contributed by atoms with van der Waals surface area (Å²) in [5.74, 6) is 1.28. The summed E-state index contributed by atoms with van der Waals surface area (Å²) >= 11 is 0. The smallest absolute Gasteiger partial charge is 0.321 e. The Hall–Kier alpha value is -2.78. The number of nitrogens with zero attached hydrogens (tertiary/aromatic N) is 1. The van der Waals surface area contributed by atoms with Gasteiger partial charge in [0.1, 0.15) is 13.2 Å². The highest BCUT2D eigenvalue weighted by atomic mass is 32.2. The molecule has 2 amide bonds. The van der Waals surface area contributed by atoms with Gasteiger partial charge in [-0.05, 0) is 44.0 Å². The maximum absolute atomic E-state index is 12.6. The molecule has 0 unspecified atom stereocenters. The van der Waals surface area contributed by atoms with Gasteiger partial charge in [-0.15, -0.1) is 0 Å². The van der Waals surface area contributed by atoms with E-state index >= 15 is 0 Å². The predicted octanol–water partition coefficient (Wildman–Crippen LogP) is 2.74. The number of ether oxygens (including phenoxy) is 2. The molecule has 8 nitrogen and oxygen atoms in total. The van der Waals surface area contributed by atoms with Crippen LogP contribution in [0.15, 0.2) is 47.4 Å². The maximum atomic E-state index is 12.6. The molecular weight excluding hydrogens is 406 g/mol. The molecule has 30 heavy (non-hydrogen) atoms. The average molecular weight is 432 g/mol. The van der Waals surface area contributed by atoms with Gasteiger partial charge in [-0.1, -0.05) is 17.7 Å². The minimum Gasteiger partial charge on any atom is -0.486 e. The number of hydrogen-bond donors (Lipinski definition) is 2. The number of urea groups is 1. The van der Waals surface area contributed by atoms with Crippen LogP contribution in [-0.2, 0) is 10.0 Å². The van der Waals surface area contributed by atoms with Crippen molar-refractivity contribution in [2.75, 3.05) is 31.6 Å². The van der Waals surface area contributed by atoms with Crippen molar-refractivity contribution in [1.29, 1.82) is 0 Å². The van der Waals surface area contributed by atoms with Crippen molar-refractivity contribution in [2.24, 2.45) is 0 Å². The molecule has 2 N–H and O–H groups in total. The summed E-state index contributed by atoms with van der Waals surface area (Å²) in [6.45, 7) is 3.85. The minimum absolute atomic E-state index is 0.199. The summed E-state index contributed by atoms with van der Waals surface area (Å²) in [5.41, 5.74) is 1.64. The maximum Gasteiger partial charge on any atom is 0.321 e. The molecule has 2 aliphatic heterocycles. The van der Waals surface area contributed by atoms with E-state index in [-0.39, 0.29) is 17.0 Å². The zero-order chi connectivity index (χ0) is 21.1. The fourth-order valence-electron chi connectivity index (χ4n) is 3.53. The fourth-order valence-corrected chi connectivity index (χ4v) is 4.83. The lowest BCUT2D eigenvalue weighted by Gasteiger charge is -2.32. The molecular formula is C21H25N3O5S. The van der Waals surface area contributed by atoms with Crippen molar-refractivity contribution in [3.8, 4) is 11.5 Å². The van der Waals surface area contributed by atoms with Gasteiger partial charge >= 0.3 is 6.03 Å². The van der Waals surface area contributed by atoms with Crippen LogP contribution >= 0.6 is 0 Å². The van der Waals surface area contributed by atoms with Crippen molar-refractivity contribution in [3.05, 3.63) is 48.0 Å². The van der Waals surface area contributed by atoms with E-state index in [4.69, 9.17) is 9.47 Å². The molecule has 1 fully saturated rings. The number of sulfonamides is 1. The van der Waals surface area contributed by atoms with E-state index in [0.717, 1.165) is 5.56 Å². The normalized spacial score (nSPS) is 16.9. The van der Waals surface area contributed by atoms with Gasteiger partial charge in [0.15, 0.2) is 11.5 Å². The molecule has 160 valence electrons. The van der Waals surface area contributed by atoms with Crippen LogP contribution in [-0.4, -0.2) is 51.7 Å². The van der Waals surface area contributed by atoms with Crippen LogP contribution < -0.4 is 19.5 Å². The quantitative estimate of drug-likeness (QED) is 0.776. The van der Waals surface area contributed by atoms with Gasteiger partial charge in [-0.2, -0.15) is 0 Å². The lowest BCUT2D eigenvalue weighted by atomic mass is 10.1. The Labute approximate surface area is 176 Å². The molecule has 2 aromatic rings. The van der Waals surface area contributed by atoms with E-state index in [2.05, 4.69) is 10.0 Å². The molecule has 2 aliphatic rings. The Bertz CT molecular complexity index is 1020. The molecule has 0 atom stereocenters. The number of carbonyl (C=O) groups excluding carboxylic acids is 1. The number of piperidine rings is 1. The van der Waals surface area contributed by atoms with Crippen molar-refractivity contribution in [1.82, 2.24) is 9.62 Å². The molecule has 2 heterocycles. The number of anilines is 1. The van der Waals surface area contributed by atoms with Gasteiger partial charge in [0, 0.05) is 30.9 Å². The summed E-state index contributed by atoms with van der Waals surface area (Å²) in [7, 11) is -3.57. The summed E-state index contributed by atoms with van der Waals surface area (Å²) in [6.07, 6.45) is 1.11. The number of benzene rings is 2. The van der Waals surface area contributed by atoms with Crippen molar-refractivity contribution >= 4 is 21.7 Å². The number of hydrogen-bond acceptors (Lipinski definition) is 5. The van der Waals surface area contributed by atoms with E-state index in [1.165, 1.54) is 0 Å². The molecule has 2 aromatic carbocycles. The Balaban J connectivity index is 1.31. The second-order valence-corrected chi connectivity index (χ2v) is 9.20. The molecule has 0 bridgehead atoms. The number of likely N-dealkylation sites (tertiary alicyclic amines) is 1. The standard InChI is InChI=1S/C21H25N3O5S/c1-15-2-5-18(6-3-15)30(26,27)23-16-8-10-24(11-9-16)21(25)22-17-4-7-19-20(14-17)29-13-12-28-19/h2-7,14,16,23H,8-13H2,1H3,(H,22,25). The first-order valence-electron chi connectivity index (χ1n) is 9.95. The van der Waals surface area contributed by atoms with Crippen molar-refractivity contribution in [3.63, 3.8) is 0 Å². The fraction of sp³-hybridized carbons (Fsp3) is 0.381. The Morgan fingerprint density at radius 3 is 2.37 bits per heavy atom. The number of aryl methyl sites for hydroxylation is 1. The van der Waals surface area contributed by atoms with Crippen LogP contribution in [0.1, 0.15) is 18.4 Å². The van der Waals surface area contributed by atoms with Crippen molar-refractivity contribution < 1.29 is 22.7 Å². The first-order chi connectivity index (χ1) is 14.4. The number of carbonyl (C=O) groups is 1. The van der Waals surface area contributed by atoms with E-state index in [1.807, 2.05) is 6.92 Å². The van der Waals surface area contributed by atoms with Crippen LogP contribution in [0.4, 0.5) is 10.5 Å². The topological polar surface area (TPSA) is 97.0 Å². The zero-order valence-corrected chi connectivity index (χ0v) is 17.6. The summed E-state index contributed by atoms with van der Waals surface area (Å²) in [4.78, 5) is 14.5. The van der Waals surface area contributed by atoms with E-state index in [1.54, 1.807) is 47.4 Å². The van der Waals surface area contributed by atoms with Crippen LogP contribution in [0.25, 0.3) is 0 Å². The average Bonchev–Trinajstić information content (AvgIpc) is 2.74. The molecule has 0 radical (unpaired) electrons. The van der Waals surface area contributed by atoms with E-state index < -0.39 is 10.0 Å². The molecule has 9 heteroatoms. The summed E-state index contributed by atoms with van der Waals surface area (Å²) < 4.78 is 38.9. The monoisotopic (exact) mass is 431 g/mol. The highest BCUT2D eigenvalue weighted by Gasteiger charge is 2.27. The SMILES string of the molecule is Cc1ccc(S(=O)(=O)NC2CCN(C(=O)Nc3ccc4c(c3)OCCO4)CC2)cc1. The molecule has 0 spiro atoms. The van der Waals surface area contributed by atoms with Gasteiger partial charge < -0.3 is 19.7 Å². The lowest BCUT2D eigenvalue weighted by Crippen LogP contribution is -2.47. The van der Waals surface area contributed by atoms with Crippen LogP contribution in [0.5, 0.6) is 11.5 Å². The van der Waals surface area contributed by atoms with Crippen molar-refractivity contribution in [2.45, 2.75) is 30.7 Å². The van der Waals surface area contributed by atoms with Crippen LogP contribution in [0, 0.1) is 6.92 Å². The number of rotatable bonds is 4. The molecule has 1 saturated heterocycles. The first-order valence-corrected chi connectivity index (χ1v) is 11.4. The third-order valence-corrected chi connectivity index (χ3v) is 6.77. The number of fused-ring (bicyclic) bond motifs is 1. The molecule has 0 aliphatic carbocycles. The highest BCUT2D eigenvalue weighted by Crippen LogP contribution is 2.32. The summed E-state index contributed by atoms with van der Waals surface area (Å²) in [5, 5.41) is 2.87.